The van der Waals surface area contributed by atoms with Crippen LogP contribution in [-0.4, -0.2) is 27.3 Å². The molecular weight excluding hydrogens is 338 g/mol. The van der Waals surface area contributed by atoms with Gasteiger partial charge in [0.15, 0.2) is 0 Å². The number of phenolic OH excluding ortho intramolecular Hbond substituents is 1. The standard InChI is InChI=1S/C18H19N3O5/c1-9-12(17(24)26-4)13(10-5-7-11(22)8-6-10)14-15(19-9)20(2)18(25)21(3)16(14)23/h5-8,13,19,22H,1-4H3/t13-/m1/s1. The monoisotopic (exact) mass is 357 g/mol. The highest BCUT2D eigenvalue weighted by Crippen LogP contribution is 2.40. The molecule has 0 bridgehead atoms. The van der Waals surface area contributed by atoms with E-state index in [0.29, 0.717) is 17.1 Å². The van der Waals surface area contributed by atoms with Crippen molar-refractivity contribution in [3.8, 4) is 5.75 Å². The molecule has 1 aliphatic heterocycles. The summed E-state index contributed by atoms with van der Waals surface area (Å²) in [6.07, 6.45) is 0. The Morgan fingerprint density at radius 3 is 2.35 bits per heavy atom. The number of nitrogens with zero attached hydrogens (tertiary/aromatic N) is 2. The van der Waals surface area contributed by atoms with Crippen molar-refractivity contribution in [2.45, 2.75) is 12.8 Å². The number of allylic oxidation sites excluding steroid dienone is 1. The Kier molecular flexibility index (Phi) is 4.19. The Hall–Kier alpha value is -3.29. The van der Waals surface area contributed by atoms with Crippen LogP contribution in [0.5, 0.6) is 5.75 Å². The summed E-state index contributed by atoms with van der Waals surface area (Å²) in [7, 11) is 4.21. The van der Waals surface area contributed by atoms with Gasteiger partial charge in [-0.25, -0.2) is 9.59 Å². The molecule has 2 N–H and O–H groups in total. The highest BCUT2D eigenvalue weighted by atomic mass is 16.5. The largest absolute Gasteiger partial charge is 0.508 e. The summed E-state index contributed by atoms with van der Waals surface area (Å²) in [6, 6.07) is 6.23. The van der Waals surface area contributed by atoms with Crippen molar-refractivity contribution in [3.05, 3.63) is 67.5 Å². The van der Waals surface area contributed by atoms with E-state index < -0.39 is 23.1 Å². The van der Waals surface area contributed by atoms with E-state index in [4.69, 9.17) is 4.74 Å². The third-order valence-electron chi connectivity index (χ3n) is 4.62. The lowest BCUT2D eigenvalue weighted by Gasteiger charge is -2.30. The van der Waals surface area contributed by atoms with Gasteiger partial charge in [0.1, 0.15) is 11.6 Å². The van der Waals surface area contributed by atoms with Crippen molar-refractivity contribution in [1.82, 2.24) is 9.13 Å². The predicted molar refractivity (Wildman–Crippen MR) is 95.2 cm³/mol. The van der Waals surface area contributed by atoms with Crippen LogP contribution in [0, 0.1) is 0 Å². The Morgan fingerprint density at radius 1 is 1.15 bits per heavy atom. The maximum Gasteiger partial charge on any atom is 0.336 e. The van der Waals surface area contributed by atoms with E-state index in [-0.39, 0.29) is 16.9 Å². The van der Waals surface area contributed by atoms with Gasteiger partial charge in [-0.05, 0) is 24.6 Å². The number of ether oxygens (including phenoxy) is 1. The quantitative estimate of drug-likeness (QED) is 0.771. The Balaban J connectivity index is 2.41. The number of aromatic hydroxyl groups is 1. The maximum absolute atomic E-state index is 12.9. The molecule has 0 spiro atoms. The first-order valence-corrected chi connectivity index (χ1v) is 7.92. The van der Waals surface area contributed by atoms with Gasteiger partial charge in [0.05, 0.1) is 24.2 Å². The van der Waals surface area contributed by atoms with Gasteiger partial charge in [0.25, 0.3) is 5.56 Å². The summed E-state index contributed by atoms with van der Waals surface area (Å²) in [5.74, 6) is -0.905. The van der Waals surface area contributed by atoms with Crippen molar-refractivity contribution in [1.29, 1.82) is 0 Å². The van der Waals surface area contributed by atoms with Crippen molar-refractivity contribution >= 4 is 11.8 Å². The highest BCUT2D eigenvalue weighted by Gasteiger charge is 2.37. The fourth-order valence-electron chi connectivity index (χ4n) is 3.27. The van der Waals surface area contributed by atoms with Gasteiger partial charge < -0.3 is 15.2 Å². The van der Waals surface area contributed by atoms with Crippen LogP contribution in [0.3, 0.4) is 0 Å². The third kappa shape index (κ3) is 2.50. The smallest absolute Gasteiger partial charge is 0.336 e. The lowest BCUT2D eigenvalue weighted by Crippen LogP contribution is -2.43. The molecular formula is C18H19N3O5. The van der Waals surface area contributed by atoms with Gasteiger partial charge in [-0.1, -0.05) is 12.1 Å². The van der Waals surface area contributed by atoms with E-state index in [1.165, 1.54) is 30.9 Å². The third-order valence-corrected chi connectivity index (χ3v) is 4.62. The number of nitrogens with one attached hydrogen (secondary N) is 1. The van der Waals surface area contributed by atoms with Crippen LogP contribution in [-0.2, 0) is 23.6 Å². The molecule has 1 aromatic carbocycles. The predicted octanol–water partition coefficient (Wildman–Crippen LogP) is 0.794. The Labute approximate surface area is 149 Å². The summed E-state index contributed by atoms with van der Waals surface area (Å²) < 4.78 is 7.25. The average molecular weight is 357 g/mol. The normalized spacial score (nSPS) is 16.1. The van der Waals surface area contributed by atoms with E-state index in [1.807, 2.05) is 0 Å². The second-order valence-electron chi connectivity index (χ2n) is 6.15. The molecule has 0 unspecified atom stereocenters. The van der Waals surface area contributed by atoms with Gasteiger partial charge >= 0.3 is 11.7 Å². The number of carbonyl (C=O) groups excluding carboxylic acids is 1. The fourth-order valence-corrected chi connectivity index (χ4v) is 3.27. The first-order chi connectivity index (χ1) is 12.3. The van der Waals surface area contributed by atoms with Crippen molar-refractivity contribution in [2.24, 2.45) is 14.1 Å². The molecule has 1 aliphatic rings. The van der Waals surface area contributed by atoms with Crippen molar-refractivity contribution in [3.63, 3.8) is 0 Å². The van der Waals surface area contributed by atoms with Crippen LogP contribution in [0.15, 0.2) is 45.1 Å². The lowest BCUT2D eigenvalue weighted by molar-refractivity contribution is -0.136. The van der Waals surface area contributed by atoms with Gasteiger partial charge in [-0.2, -0.15) is 0 Å². The lowest BCUT2D eigenvalue weighted by atomic mass is 9.82. The first-order valence-electron chi connectivity index (χ1n) is 7.92. The zero-order chi connectivity index (χ0) is 19.2. The number of carbonyl (C=O) groups is 1. The number of fused-ring (bicyclic) bond motifs is 1. The van der Waals surface area contributed by atoms with E-state index in [2.05, 4.69) is 5.32 Å². The number of aromatic nitrogens is 2. The molecule has 2 aromatic rings. The minimum absolute atomic E-state index is 0.0663. The molecule has 0 saturated heterocycles. The molecule has 0 radical (unpaired) electrons. The number of esters is 1. The Morgan fingerprint density at radius 2 is 1.77 bits per heavy atom. The van der Waals surface area contributed by atoms with Crippen LogP contribution < -0.4 is 16.6 Å². The Bertz CT molecular complexity index is 1040. The van der Waals surface area contributed by atoms with E-state index in [1.54, 1.807) is 26.1 Å². The molecule has 8 nitrogen and oxygen atoms in total. The second kappa shape index (κ2) is 6.21. The number of methoxy groups -OCH3 is 1. The maximum atomic E-state index is 12.9. The molecule has 3 rings (SSSR count). The number of benzene rings is 1. The minimum Gasteiger partial charge on any atom is -0.508 e. The second-order valence-corrected chi connectivity index (χ2v) is 6.15. The van der Waals surface area contributed by atoms with Crippen LogP contribution >= 0.6 is 0 Å². The molecule has 1 atom stereocenters. The number of rotatable bonds is 2. The van der Waals surface area contributed by atoms with E-state index in [9.17, 15) is 19.5 Å². The first kappa shape index (κ1) is 17.5. The summed E-state index contributed by atoms with van der Waals surface area (Å²) in [5.41, 5.74) is 0.696. The SMILES string of the molecule is COC(=O)C1=C(C)Nc2c(c(=O)n(C)c(=O)n2C)[C@@H]1c1ccc(O)cc1. The van der Waals surface area contributed by atoms with Crippen molar-refractivity contribution < 1.29 is 14.6 Å². The molecule has 136 valence electrons. The van der Waals surface area contributed by atoms with Gasteiger partial charge in [-0.3, -0.25) is 13.9 Å². The minimum atomic E-state index is -0.732. The van der Waals surface area contributed by atoms with Gasteiger partial charge in [0.2, 0.25) is 0 Å². The summed E-state index contributed by atoms with van der Waals surface area (Å²) in [6.45, 7) is 1.69. The average Bonchev–Trinajstić information content (AvgIpc) is 2.63. The number of phenols is 1. The summed E-state index contributed by atoms with van der Waals surface area (Å²) in [5, 5.41) is 12.6. The molecule has 8 heteroatoms. The topological polar surface area (TPSA) is 103 Å². The fraction of sp³-hybridized carbons (Fsp3) is 0.278. The van der Waals surface area contributed by atoms with Gasteiger partial charge in [-0.15, -0.1) is 0 Å². The number of hydrogen-bond donors (Lipinski definition) is 2. The zero-order valence-electron chi connectivity index (χ0n) is 14.9. The molecule has 0 saturated carbocycles. The highest BCUT2D eigenvalue weighted by molar-refractivity contribution is 5.94. The molecule has 0 aliphatic carbocycles. The molecule has 0 fully saturated rings. The summed E-state index contributed by atoms with van der Waals surface area (Å²) in [4.78, 5) is 37.6. The van der Waals surface area contributed by atoms with Crippen LogP contribution in [0.4, 0.5) is 5.82 Å². The van der Waals surface area contributed by atoms with Crippen molar-refractivity contribution in [2.75, 3.05) is 12.4 Å². The molecule has 2 heterocycles. The van der Waals surface area contributed by atoms with E-state index in [0.717, 1.165) is 4.57 Å². The molecule has 26 heavy (non-hydrogen) atoms. The van der Waals surface area contributed by atoms with E-state index >= 15 is 0 Å². The van der Waals surface area contributed by atoms with Crippen LogP contribution in [0.1, 0.15) is 24.0 Å². The zero-order valence-corrected chi connectivity index (χ0v) is 14.9. The number of anilines is 1. The molecule has 0 amide bonds. The van der Waals surface area contributed by atoms with Gasteiger partial charge in [0, 0.05) is 19.8 Å². The summed E-state index contributed by atoms with van der Waals surface area (Å²) >= 11 is 0. The van der Waals surface area contributed by atoms with Crippen LogP contribution in [0.2, 0.25) is 0 Å². The van der Waals surface area contributed by atoms with Crippen LogP contribution in [0.25, 0.3) is 0 Å². The number of hydrogen-bond acceptors (Lipinski definition) is 6. The molecule has 1 aromatic heterocycles.